The Kier molecular flexibility index (Phi) is 4.28. The molecule has 0 N–H and O–H groups in total. The van der Waals surface area contributed by atoms with Crippen molar-refractivity contribution in [2.75, 3.05) is 6.61 Å². The fourth-order valence-electron chi connectivity index (χ4n) is 1.98. The lowest BCUT2D eigenvalue weighted by Crippen LogP contribution is -2.17. The van der Waals surface area contributed by atoms with Crippen LogP contribution in [0, 0.1) is 6.92 Å². The summed E-state index contributed by atoms with van der Waals surface area (Å²) in [4.78, 5) is 11.9. The van der Waals surface area contributed by atoms with Gasteiger partial charge in [0.2, 0.25) is 0 Å². The Balaban J connectivity index is 1.61. The maximum absolute atomic E-state index is 11.9. The van der Waals surface area contributed by atoms with Gasteiger partial charge in [0.1, 0.15) is 17.8 Å². The first kappa shape index (κ1) is 14.7. The minimum Gasteiger partial charge on any atom is -0.482 e. The van der Waals surface area contributed by atoms with E-state index in [4.69, 9.17) is 9.47 Å². The highest BCUT2D eigenvalue weighted by Crippen LogP contribution is 2.16. The fourth-order valence-corrected chi connectivity index (χ4v) is 1.98. The van der Waals surface area contributed by atoms with E-state index in [2.05, 4.69) is 15.5 Å². The molecule has 0 aliphatic heterocycles. The van der Waals surface area contributed by atoms with E-state index in [9.17, 15) is 4.79 Å². The number of hydrogen-bond acceptors (Lipinski definition) is 6. The third-order valence-corrected chi connectivity index (χ3v) is 3.01. The SMILES string of the molecule is Cc1cccc(OCC(=O)Oc2cccc(-n3cnnn3)c2)c1. The molecule has 2 aromatic carbocycles. The number of carbonyl (C=O) groups excluding carboxylic acids is 1. The zero-order chi connectivity index (χ0) is 16.1. The number of tetrazole rings is 1. The summed E-state index contributed by atoms with van der Waals surface area (Å²) < 4.78 is 12.1. The average Bonchev–Trinajstić information content (AvgIpc) is 3.08. The second-order valence-corrected chi connectivity index (χ2v) is 4.83. The fraction of sp³-hybridized carbons (Fsp3) is 0.125. The normalized spacial score (nSPS) is 10.3. The maximum atomic E-state index is 11.9. The standard InChI is InChI=1S/C16H14N4O3/c1-12-4-2-6-14(8-12)22-10-16(21)23-15-7-3-5-13(9-15)20-11-17-18-19-20/h2-9,11H,10H2,1H3. The van der Waals surface area contributed by atoms with Crippen LogP contribution in [-0.4, -0.2) is 32.8 Å². The summed E-state index contributed by atoms with van der Waals surface area (Å²) in [5.41, 5.74) is 1.75. The molecule has 1 heterocycles. The van der Waals surface area contributed by atoms with Gasteiger partial charge in [-0.25, -0.2) is 9.48 Å². The number of hydrogen-bond donors (Lipinski definition) is 0. The van der Waals surface area contributed by atoms with Crippen molar-refractivity contribution in [3.8, 4) is 17.2 Å². The number of rotatable bonds is 5. The molecular formula is C16H14N4O3. The Bertz CT molecular complexity index is 803. The topological polar surface area (TPSA) is 79.1 Å². The van der Waals surface area contributed by atoms with Crippen LogP contribution in [-0.2, 0) is 4.79 Å². The minimum atomic E-state index is -0.486. The highest BCUT2D eigenvalue weighted by molar-refractivity contribution is 5.74. The van der Waals surface area contributed by atoms with Gasteiger partial charge in [-0.2, -0.15) is 0 Å². The highest BCUT2D eigenvalue weighted by atomic mass is 16.6. The van der Waals surface area contributed by atoms with E-state index in [1.165, 1.54) is 11.0 Å². The molecule has 116 valence electrons. The molecule has 0 saturated carbocycles. The molecule has 7 nitrogen and oxygen atoms in total. The largest absolute Gasteiger partial charge is 0.482 e. The quantitative estimate of drug-likeness (QED) is 0.529. The van der Waals surface area contributed by atoms with Gasteiger partial charge < -0.3 is 9.47 Å². The first-order valence-electron chi connectivity index (χ1n) is 6.94. The number of aromatic nitrogens is 4. The Morgan fingerprint density at radius 3 is 2.74 bits per heavy atom. The summed E-state index contributed by atoms with van der Waals surface area (Å²) in [6, 6.07) is 14.4. The van der Waals surface area contributed by atoms with Crippen LogP contribution in [0.25, 0.3) is 5.69 Å². The lowest BCUT2D eigenvalue weighted by molar-refractivity contribution is -0.136. The first-order chi connectivity index (χ1) is 11.2. The van der Waals surface area contributed by atoms with E-state index in [0.717, 1.165) is 5.56 Å². The van der Waals surface area contributed by atoms with E-state index < -0.39 is 5.97 Å². The van der Waals surface area contributed by atoms with Gasteiger partial charge in [0.05, 0.1) is 5.69 Å². The lowest BCUT2D eigenvalue weighted by atomic mass is 10.2. The smallest absolute Gasteiger partial charge is 0.349 e. The number of nitrogens with zero attached hydrogens (tertiary/aromatic N) is 4. The summed E-state index contributed by atoms with van der Waals surface area (Å²) in [6.45, 7) is 1.79. The molecule has 0 aliphatic rings. The van der Waals surface area contributed by atoms with Crippen LogP contribution in [0.2, 0.25) is 0 Å². The second kappa shape index (κ2) is 6.69. The molecule has 7 heteroatoms. The van der Waals surface area contributed by atoms with Crippen LogP contribution in [0.1, 0.15) is 5.56 Å². The van der Waals surface area contributed by atoms with Gasteiger partial charge in [0.25, 0.3) is 0 Å². The molecule has 0 radical (unpaired) electrons. The molecule has 0 spiro atoms. The molecule has 3 rings (SSSR count). The zero-order valence-electron chi connectivity index (χ0n) is 12.4. The summed E-state index contributed by atoms with van der Waals surface area (Å²) in [6.07, 6.45) is 1.46. The highest BCUT2D eigenvalue weighted by Gasteiger charge is 2.08. The van der Waals surface area contributed by atoms with Crippen LogP contribution >= 0.6 is 0 Å². The molecular weight excluding hydrogens is 296 g/mol. The van der Waals surface area contributed by atoms with Crippen molar-refractivity contribution in [1.29, 1.82) is 0 Å². The van der Waals surface area contributed by atoms with Crippen LogP contribution in [0.5, 0.6) is 11.5 Å². The minimum absolute atomic E-state index is 0.168. The van der Waals surface area contributed by atoms with Crippen molar-refractivity contribution in [3.05, 3.63) is 60.4 Å². The molecule has 0 unspecified atom stereocenters. The Morgan fingerprint density at radius 2 is 1.96 bits per heavy atom. The summed E-state index contributed by atoms with van der Waals surface area (Å²) >= 11 is 0. The molecule has 0 atom stereocenters. The van der Waals surface area contributed by atoms with Gasteiger partial charge in [-0.05, 0) is 47.2 Å². The van der Waals surface area contributed by atoms with Gasteiger partial charge in [0, 0.05) is 6.07 Å². The number of ether oxygens (including phenoxy) is 2. The number of esters is 1. The van der Waals surface area contributed by atoms with E-state index in [-0.39, 0.29) is 6.61 Å². The van der Waals surface area contributed by atoms with E-state index in [1.54, 1.807) is 30.3 Å². The van der Waals surface area contributed by atoms with Crippen molar-refractivity contribution in [3.63, 3.8) is 0 Å². The number of carbonyl (C=O) groups is 1. The summed E-state index contributed by atoms with van der Waals surface area (Å²) in [7, 11) is 0. The molecule has 3 aromatic rings. The summed E-state index contributed by atoms with van der Waals surface area (Å²) in [5, 5.41) is 10.9. The van der Waals surface area contributed by atoms with E-state index in [0.29, 0.717) is 17.2 Å². The predicted molar refractivity (Wildman–Crippen MR) is 81.5 cm³/mol. The van der Waals surface area contributed by atoms with Gasteiger partial charge in [-0.15, -0.1) is 5.10 Å². The van der Waals surface area contributed by atoms with Crippen molar-refractivity contribution < 1.29 is 14.3 Å². The second-order valence-electron chi connectivity index (χ2n) is 4.83. The third kappa shape index (κ3) is 3.91. The molecule has 0 fully saturated rings. The van der Waals surface area contributed by atoms with Crippen molar-refractivity contribution in [2.24, 2.45) is 0 Å². The molecule has 1 aromatic heterocycles. The summed E-state index contributed by atoms with van der Waals surface area (Å²) in [5.74, 6) is 0.542. The molecule has 23 heavy (non-hydrogen) atoms. The van der Waals surface area contributed by atoms with Crippen molar-refractivity contribution in [1.82, 2.24) is 20.2 Å². The number of benzene rings is 2. The van der Waals surface area contributed by atoms with Crippen LogP contribution in [0.4, 0.5) is 0 Å². The molecule has 0 saturated heterocycles. The van der Waals surface area contributed by atoms with Gasteiger partial charge >= 0.3 is 5.97 Å². The first-order valence-corrected chi connectivity index (χ1v) is 6.94. The van der Waals surface area contributed by atoms with Crippen molar-refractivity contribution in [2.45, 2.75) is 6.92 Å². The van der Waals surface area contributed by atoms with Gasteiger partial charge in [-0.1, -0.05) is 18.2 Å². The van der Waals surface area contributed by atoms with Gasteiger partial charge in [0.15, 0.2) is 6.61 Å². The predicted octanol–water partition coefficient (Wildman–Crippen LogP) is 1.96. The monoisotopic (exact) mass is 310 g/mol. The molecule has 0 aliphatic carbocycles. The Morgan fingerprint density at radius 1 is 1.13 bits per heavy atom. The van der Waals surface area contributed by atoms with E-state index in [1.807, 2.05) is 25.1 Å². The number of aryl methyl sites for hydroxylation is 1. The zero-order valence-corrected chi connectivity index (χ0v) is 12.4. The molecule has 0 bridgehead atoms. The maximum Gasteiger partial charge on any atom is 0.349 e. The Hall–Kier alpha value is -3.22. The lowest BCUT2D eigenvalue weighted by Gasteiger charge is -2.08. The molecule has 0 amide bonds. The Labute approximate surface area is 132 Å². The third-order valence-electron chi connectivity index (χ3n) is 3.01. The average molecular weight is 310 g/mol. The van der Waals surface area contributed by atoms with Crippen LogP contribution in [0.3, 0.4) is 0 Å². The van der Waals surface area contributed by atoms with Gasteiger partial charge in [-0.3, -0.25) is 0 Å². The van der Waals surface area contributed by atoms with Crippen LogP contribution < -0.4 is 9.47 Å². The van der Waals surface area contributed by atoms with Crippen molar-refractivity contribution >= 4 is 5.97 Å². The van der Waals surface area contributed by atoms with E-state index >= 15 is 0 Å². The van der Waals surface area contributed by atoms with Crippen LogP contribution in [0.15, 0.2) is 54.9 Å².